The van der Waals surface area contributed by atoms with E-state index in [0.29, 0.717) is 5.82 Å². The fourth-order valence-corrected chi connectivity index (χ4v) is 1.85. The zero-order chi connectivity index (χ0) is 13.1. The molecule has 0 aliphatic rings. The van der Waals surface area contributed by atoms with Gasteiger partial charge in [-0.3, -0.25) is 0 Å². The summed E-state index contributed by atoms with van der Waals surface area (Å²) < 4.78 is 0. The summed E-state index contributed by atoms with van der Waals surface area (Å²) in [6.07, 6.45) is 1.48. The van der Waals surface area contributed by atoms with E-state index in [4.69, 9.17) is 5.73 Å². The van der Waals surface area contributed by atoms with E-state index in [1.807, 2.05) is 12.1 Å². The van der Waals surface area contributed by atoms with E-state index < -0.39 is 0 Å². The second-order valence-corrected chi connectivity index (χ2v) is 4.67. The van der Waals surface area contributed by atoms with Gasteiger partial charge in [0.25, 0.3) is 0 Å². The molecule has 1 aromatic heterocycles. The number of hydrogen-bond donors (Lipinski definition) is 2. The zero-order valence-corrected chi connectivity index (χ0v) is 10.9. The average Bonchev–Trinajstić information content (AvgIpc) is 2.32. The first-order valence-electron chi connectivity index (χ1n) is 6.02. The maximum atomic E-state index is 5.91. The molecule has 94 valence electrons. The molecule has 2 aromatic rings. The van der Waals surface area contributed by atoms with Crippen LogP contribution in [0.2, 0.25) is 0 Å². The molecule has 0 atom stereocenters. The minimum Gasteiger partial charge on any atom is -0.383 e. The van der Waals surface area contributed by atoms with Crippen LogP contribution in [0.15, 0.2) is 30.6 Å². The van der Waals surface area contributed by atoms with Gasteiger partial charge in [-0.1, -0.05) is 31.5 Å². The molecule has 0 radical (unpaired) electrons. The van der Waals surface area contributed by atoms with Gasteiger partial charge in [0, 0.05) is 11.3 Å². The second kappa shape index (κ2) is 5.04. The maximum absolute atomic E-state index is 5.91. The Morgan fingerprint density at radius 1 is 1.11 bits per heavy atom. The fraction of sp³-hybridized carbons (Fsp3) is 0.286. The van der Waals surface area contributed by atoms with Crippen LogP contribution in [0.25, 0.3) is 0 Å². The number of anilines is 3. The Morgan fingerprint density at radius 2 is 1.78 bits per heavy atom. The molecule has 1 heterocycles. The zero-order valence-electron chi connectivity index (χ0n) is 10.9. The van der Waals surface area contributed by atoms with Gasteiger partial charge in [-0.15, -0.1) is 0 Å². The molecular formula is C14H18N4. The molecule has 2 rings (SSSR count). The van der Waals surface area contributed by atoms with Crippen LogP contribution in [0, 0.1) is 6.92 Å². The van der Waals surface area contributed by atoms with Gasteiger partial charge in [-0.25, -0.2) is 9.97 Å². The van der Waals surface area contributed by atoms with E-state index in [1.165, 1.54) is 11.9 Å². The molecule has 4 nitrogen and oxygen atoms in total. The van der Waals surface area contributed by atoms with E-state index in [-0.39, 0.29) is 5.92 Å². The van der Waals surface area contributed by atoms with Crippen LogP contribution < -0.4 is 11.1 Å². The summed E-state index contributed by atoms with van der Waals surface area (Å²) in [5.41, 5.74) is 9.09. The van der Waals surface area contributed by atoms with Gasteiger partial charge in [0.1, 0.15) is 18.0 Å². The topological polar surface area (TPSA) is 63.8 Å². The monoisotopic (exact) mass is 242 g/mol. The number of rotatable bonds is 3. The quantitative estimate of drug-likeness (QED) is 0.867. The van der Waals surface area contributed by atoms with Crippen molar-refractivity contribution in [3.05, 3.63) is 41.7 Å². The predicted octanol–water partition coefficient (Wildman–Crippen LogP) is 3.23. The lowest BCUT2D eigenvalue weighted by molar-refractivity contribution is 0.855. The Kier molecular flexibility index (Phi) is 3.46. The van der Waals surface area contributed by atoms with Gasteiger partial charge in [-0.05, 0) is 25.0 Å². The molecule has 0 bridgehead atoms. The molecule has 4 heteroatoms. The van der Waals surface area contributed by atoms with Gasteiger partial charge in [0.2, 0.25) is 0 Å². The van der Waals surface area contributed by atoms with Crippen molar-refractivity contribution in [2.75, 3.05) is 11.1 Å². The Balaban J connectivity index is 2.34. The highest BCUT2D eigenvalue weighted by Gasteiger charge is 2.12. The third-order valence-corrected chi connectivity index (χ3v) is 2.81. The third-order valence-electron chi connectivity index (χ3n) is 2.81. The van der Waals surface area contributed by atoms with E-state index in [2.05, 4.69) is 48.2 Å². The van der Waals surface area contributed by atoms with Crippen molar-refractivity contribution >= 4 is 17.3 Å². The van der Waals surface area contributed by atoms with Crippen molar-refractivity contribution in [1.82, 2.24) is 9.97 Å². The minimum atomic E-state index is 0.277. The number of nitrogen functional groups attached to an aromatic ring is 1. The molecule has 0 saturated carbocycles. The molecule has 3 N–H and O–H groups in total. The van der Waals surface area contributed by atoms with E-state index in [0.717, 1.165) is 17.1 Å². The van der Waals surface area contributed by atoms with E-state index in [1.54, 1.807) is 0 Å². The van der Waals surface area contributed by atoms with Gasteiger partial charge in [-0.2, -0.15) is 0 Å². The molecule has 18 heavy (non-hydrogen) atoms. The highest BCUT2D eigenvalue weighted by molar-refractivity contribution is 5.64. The van der Waals surface area contributed by atoms with Crippen molar-refractivity contribution in [1.29, 1.82) is 0 Å². The van der Waals surface area contributed by atoms with Gasteiger partial charge >= 0.3 is 0 Å². The molecule has 0 fully saturated rings. The van der Waals surface area contributed by atoms with Crippen LogP contribution in [0.5, 0.6) is 0 Å². The highest BCUT2D eigenvalue weighted by atomic mass is 15.0. The van der Waals surface area contributed by atoms with E-state index in [9.17, 15) is 0 Å². The predicted molar refractivity (Wildman–Crippen MR) is 75.0 cm³/mol. The average molecular weight is 242 g/mol. The summed E-state index contributed by atoms with van der Waals surface area (Å²) in [4.78, 5) is 8.32. The van der Waals surface area contributed by atoms with Gasteiger partial charge in [0.05, 0.1) is 0 Å². The molecule has 0 spiro atoms. The first kappa shape index (κ1) is 12.4. The summed E-state index contributed by atoms with van der Waals surface area (Å²) in [5, 5.41) is 3.29. The Morgan fingerprint density at radius 3 is 2.39 bits per heavy atom. The molecule has 0 amide bonds. The smallest absolute Gasteiger partial charge is 0.139 e. The van der Waals surface area contributed by atoms with Crippen LogP contribution >= 0.6 is 0 Å². The van der Waals surface area contributed by atoms with Crippen LogP contribution in [0.3, 0.4) is 0 Å². The SMILES string of the molecule is Cc1ccc(Nc2ncnc(N)c2C(C)C)cc1. The summed E-state index contributed by atoms with van der Waals surface area (Å²) in [6.45, 7) is 6.22. The van der Waals surface area contributed by atoms with Crippen molar-refractivity contribution in [2.24, 2.45) is 0 Å². The Hall–Kier alpha value is -2.10. The van der Waals surface area contributed by atoms with Crippen LogP contribution in [0.4, 0.5) is 17.3 Å². The first-order valence-corrected chi connectivity index (χ1v) is 6.02. The molecule has 0 saturated heterocycles. The van der Waals surface area contributed by atoms with Crippen LogP contribution in [0.1, 0.15) is 30.9 Å². The first-order chi connectivity index (χ1) is 8.58. The van der Waals surface area contributed by atoms with Gasteiger partial charge in [0.15, 0.2) is 0 Å². The number of aryl methyl sites for hydroxylation is 1. The number of benzene rings is 1. The fourth-order valence-electron chi connectivity index (χ4n) is 1.85. The summed E-state index contributed by atoms with van der Waals surface area (Å²) in [5.74, 6) is 1.59. The Bertz CT molecular complexity index is 532. The van der Waals surface area contributed by atoms with Crippen LogP contribution in [-0.2, 0) is 0 Å². The number of nitrogens with two attached hydrogens (primary N) is 1. The third kappa shape index (κ3) is 2.59. The standard InChI is InChI=1S/C14H18N4/c1-9(2)12-13(15)16-8-17-14(12)18-11-6-4-10(3)5-7-11/h4-9H,1-3H3,(H3,15,16,17,18). The highest BCUT2D eigenvalue weighted by Crippen LogP contribution is 2.28. The van der Waals surface area contributed by atoms with E-state index >= 15 is 0 Å². The summed E-state index contributed by atoms with van der Waals surface area (Å²) >= 11 is 0. The van der Waals surface area contributed by atoms with Crippen molar-refractivity contribution in [3.63, 3.8) is 0 Å². The molecule has 0 aliphatic heterocycles. The van der Waals surface area contributed by atoms with Crippen molar-refractivity contribution in [3.8, 4) is 0 Å². The number of hydrogen-bond acceptors (Lipinski definition) is 4. The Labute approximate surface area is 107 Å². The number of nitrogens with zero attached hydrogens (tertiary/aromatic N) is 2. The summed E-state index contributed by atoms with van der Waals surface area (Å²) in [6, 6.07) is 8.17. The lowest BCUT2D eigenvalue weighted by Crippen LogP contribution is -2.06. The van der Waals surface area contributed by atoms with Gasteiger partial charge < -0.3 is 11.1 Å². The molecule has 0 unspecified atom stereocenters. The minimum absolute atomic E-state index is 0.277. The normalized spacial score (nSPS) is 10.7. The number of nitrogens with one attached hydrogen (secondary N) is 1. The molecule has 0 aliphatic carbocycles. The number of aromatic nitrogens is 2. The molecular weight excluding hydrogens is 224 g/mol. The van der Waals surface area contributed by atoms with Crippen molar-refractivity contribution in [2.45, 2.75) is 26.7 Å². The largest absolute Gasteiger partial charge is 0.383 e. The lowest BCUT2D eigenvalue weighted by atomic mass is 10.0. The van der Waals surface area contributed by atoms with Crippen LogP contribution in [-0.4, -0.2) is 9.97 Å². The lowest BCUT2D eigenvalue weighted by Gasteiger charge is -2.14. The second-order valence-electron chi connectivity index (χ2n) is 4.67. The molecule has 1 aromatic carbocycles. The van der Waals surface area contributed by atoms with Crippen molar-refractivity contribution < 1.29 is 0 Å². The summed E-state index contributed by atoms with van der Waals surface area (Å²) in [7, 11) is 0. The maximum Gasteiger partial charge on any atom is 0.139 e.